The molecular weight excluding hydrogens is 462 g/mol. The summed E-state index contributed by atoms with van der Waals surface area (Å²) >= 11 is 3.49. The van der Waals surface area contributed by atoms with E-state index in [2.05, 4.69) is 52.0 Å². The fourth-order valence-electron chi connectivity index (χ4n) is 2.44. The summed E-state index contributed by atoms with van der Waals surface area (Å²) < 4.78 is 11.6. The van der Waals surface area contributed by atoms with E-state index in [0.29, 0.717) is 29.3 Å². The van der Waals surface area contributed by atoms with Gasteiger partial charge in [-0.15, -0.1) is 12.4 Å². The molecule has 0 spiro atoms. The lowest BCUT2D eigenvalue weighted by Gasteiger charge is -2.08. The summed E-state index contributed by atoms with van der Waals surface area (Å²) in [4.78, 5) is 12.9. The molecule has 150 valence electrons. The van der Waals surface area contributed by atoms with Crippen LogP contribution in [0.25, 0.3) is 0 Å². The fourth-order valence-corrected chi connectivity index (χ4v) is 2.86. The van der Waals surface area contributed by atoms with Gasteiger partial charge in [0.25, 0.3) is 0 Å². The molecule has 3 aromatic rings. The van der Waals surface area contributed by atoms with Crippen LogP contribution in [-0.2, 0) is 0 Å². The molecule has 1 aliphatic heterocycles. The molecule has 0 fully saturated rings. The lowest BCUT2D eigenvalue weighted by Crippen LogP contribution is -2.07. The van der Waals surface area contributed by atoms with Crippen molar-refractivity contribution < 1.29 is 9.47 Å². The SMILES string of the molecule is CNc1nc(NN=Cc2cc3c(cc2Br)OCO3)nc(Nc2ccccc2)n1.Cl. The Bertz CT molecular complexity index is 1020. The minimum absolute atomic E-state index is 0. The lowest BCUT2D eigenvalue weighted by atomic mass is 10.2. The summed E-state index contributed by atoms with van der Waals surface area (Å²) in [5.41, 5.74) is 4.51. The molecule has 1 aromatic heterocycles. The number of ether oxygens (including phenoxy) is 2. The Hall–Kier alpha value is -3.11. The maximum absolute atomic E-state index is 5.39. The highest BCUT2D eigenvalue weighted by Gasteiger charge is 2.15. The smallest absolute Gasteiger partial charge is 0.250 e. The van der Waals surface area contributed by atoms with Crippen LogP contribution >= 0.6 is 28.3 Å². The van der Waals surface area contributed by atoms with Gasteiger partial charge in [-0.3, -0.25) is 0 Å². The number of para-hydroxylation sites is 1. The van der Waals surface area contributed by atoms with Gasteiger partial charge in [-0.1, -0.05) is 18.2 Å². The molecule has 0 amide bonds. The van der Waals surface area contributed by atoms with E-state index in [4.69, 9.17) is 9.47 Å². The number of aromatic nitrogens is 3. The van der Waals surface area contributed by atoms with Crippen LogP contribution in [0.15, 0.2) is 52.0 Å². The minimum atomic E-state index is 0. The van der Waals surface area contributed by atoms with Crippen LogP contribution in [0.2, 0.25) is 0 Å². The fraction of sp³-hybridized carbons (Fsp3) is 0.111. The zero-order chi connectivity index (χ0) is 19.3. The first-order valence-electron chi connectivity index (χ1n) is 8.35. The molecule has 3 N–H and O–H groups in total. The Morgan fingerprint density at radius 3 is 2.45 bits per heavy atom. The van der Waals surface area contributed by atoms with Gasteiger partial charge in [0.05, 0.1) is 6.21 Å². The summed E-state index contributed by atoms with van der Waals surface area (Å²) in [6, 6.07) is 13.3. The topological polar surface area (TPSA) is 106 Å². The predicted molar refractivity (Wildman–Crippen MR) is 118 cm³/mol. The molecule has 0 radical (unpaired) electrons. The number of fused-ring (bicyclic) bond motifs is 1. The molecule has 0 atom stereocenters. The molecule has 0 aliphatic carbocycles. The van der Waals surface area contributed by atoms with Crippen LogP contribution in [0.1, 0.15) is 5.56 Å². The van der Waals surface area contributed by atoms with Crippen LogP contribution in [0.4, 0.5) is 23.5 Å². The number of hydrazone groups is 1. The number of anilines is 4. The van der Waals surface area contributed by atoms with E-state index in [9.17, 15) is 0 Å². The van der Waals surface area contributed by atoms with Crippen molar-refractivity contribution in [1.82, 2.24) is 15.0 Å². The largest absolute Gasteiger partial charge is 0.454 e. The van der Waals surface area contributed by atoms with E-state index in [1.807, 2.05) is 42.5 Å². The molecule has 1 aliphatic rings. The number of halogens is 2. The van der Waals surface area contributed by atoms with Crippen LogP contribution in [0, 0.1) is 0 Å². The summed E-state index contributed by atoms with van der Waals surface area (Å²) in [5.74, 6) is 2.48. The second-order valence-electron chi connectivity index (χ2n) is 5.64. The summed E-state index contributed by atoms with van der Waals surface area (Å²) in [6.07, 6.45) is 1.64. The molecule has 11 heteroatoms. The van der Waals surface area contributed by atoms with Gasteiger partial charge in [0.2, 0.25) is 24.6 Å². The van der Waals surface area contributed by atoms with Crippen molar-refractivity contribution in [1.29, 1.82) is 0 Å². The van der Waals surface area contributed by atoms with Gasteiger partial charge in [-0.05, 0) is 40.2 Å². The number of hydrogen-bond acceptors (Lipinski definition) is 9. The third-order valence-corrected chi connectivity index (χ3v) is 4.44. The molecule has 0 saturated heterocycles. The maximum atomic E-state index is 5.39. The van der Waals surface area contributed by atoms with Crippen molar-refractivity contribution >= 4 is 58.1 Å². The van der Waals surface area contributed by atoms with Gasteiger partial charge in [0.1, 0.15) is 0 Å². The lowest BCUT2D eigenvalue weighted by molar-refractivity contribution is 0.174. The Balaban J connectivity index is 0.00000240. The van der Waals surface area contributed by atoms with Gasteiger partial charge < -0.3 is 20.1 Å². The second kappa shape index (κ2) is 9.39. The van der Waals surface area contributed by atoms with Crippen molar-refractivity contribution in [3.63, 3.8) is 0 Å². The van der Waals surface area contributed by atoms with Crippen LogP contribution < -0.4 is 25.5 Å². The quantitative estimate of drug-likeness (QED) is 0.360. The number of benzene rings is 2. The summed E-state index contributed by atoms with van der Waals surface area (Å²) in [7, 11) is 1.73. The van der Waals surface area contributed by atoms with Gasteiger partial charge in [-0.2, -0.15) is 20.1 Å². The van der Waals surface area contributed by atoms with E-state index < -0.39 is 0 Å². The molecule has 29 heavy (non-hydrogen) atoms. The highest BCUT2D eigenvalue weighted by atomic mass is 79.9. The van der Waals surface area contributed by atoms with E-state index in [0.717, 1.165) is 15.7 Å². The zero-order valence-corrected chi connectivity index (χ0v) is 17.6. The highest BCUT2D eigenvalue weighted by molar-refractivity contribution is 9.10. The van der Waals surface area contributed by atoms with Gasteiger partial charge in [-0.25, -0.2) is 5.43 Å². The molecule has 4 rings (SSSR count). The van der Waals surface area contributed by atoms with Crippen molar-refractivity contribution in [2.45, 2.75) is 0 Å². The van der Waals surface area contributed by atoms with Crippen molar-refractivity contribution in [2.24, 2.45) is 5.10 Å². The van der Waals surface area contributed by atoms with E-state index >= 15 is 0 Å². The third-order valence-electron chi connectivity index (χ3n) is 3.75. The Morgan fingerprint density at radius 1 is 1.00 bits per heavy atom. The molecule has 9 nitrogen and oxygen atoms in total. The number of nitrogens with zero attached hydrogens (tertiary/aromatic N) is 4. The van der Waals surface area contributed by atoms with Crippen molar-refractivity contribution in [3.05, 3.63) is 52.5 Å². The monoisotopic (exact) mass is 477 g/mol. The molecule has 0 saturated carbocycles. The standard InChI is InChI=1S/C18H16BrN7O2.ClH/c1-20-16-23-17(22-12-5-3-2-4-6-12)25-18(24-16)26-21-9-11-7-14-15(8-13(11)19)28-10-27-14;/h2-9H,10H2,1H3,(H3,20,22,23,24,25,26);1H. The van der Waals surface area contributed by atoms with Crippen LogP contribution in [0.3, 0.4) is 0 Å². The van der Waals surface area contributed by atoms with Crippen LogP contribution in [-0.4, -0.2) is 35.0 Å². The average Bonchev–Trinajstić information content (AvgIpc) is 3.16. The predicted octanol–water partition coefficient (Wildman–Crippen LogP) is 4.02. The molecule has 0 bridgehead atoms. The van der Waals surface area contributed by atoms with E-state index in [1.165, 1.54) is 0 Å². The van der Waals surface area contributed by atoms with Crippen molar-refractivity contribution in [3.8, 4) is 11.5 Å². The van der Waals surface area contributed by atoms with Crippen molar-refractivity contribution in [2.75, 3.05) is 29.9 Å². The number of rotatable bonds is 6. The van der Waals surface area contributed by atoms with Gasteiger partial charge in [0, 0.05) is 22.8 Å². The summed E-state index contributed by atoms with van der Waals surface area (Å²) in [6.45, 7) is 0.218. The first-order valence-corrected chi connectivity index (χ1v) is 9.15. The normalized spacial score (nSPS) is 11.8. The Morgan fingerprint density at radius 2 is 1.69 bits per heavy atom. The summed E-state index contributed by atoms with van der Waals surface area (Å²) in [5, 5.41) is 10.3. The number of nitrogens with one attached hydrogen (secondary N) is 3. The molecular formula is C18H17BrClN7O2. The first kappa shape index (κ1) is 20.6. The first-order chi connectivity index (χ1) is 13.7. The molecule has 0 unspecified atom stereocenters. The van der Waals surface area contributed by atoms with Crippen LogP contribution in [0.5, 0.6) is 11.5 Å². The molecule has 2 heterocycles. The highest BCUT2D eigenvalue weighted by Crippen LogP contribution is 2.36. The molecule has 2 aromatic carbocycles. The Labute approximate surface area is 181 Å². The zero-order valence-electron chi connectivity index (χ0n) is 15.2. The third kappa shape index (κ3) is 5.04. The maximum Gasteiger partial charge on any atom is 0.250 e. The minimum Gasteiger partial charge on any atom is -0.454 e. The second-order valence-corrected chi connectivity index (χ2v) is 6.50. The Kier molecular flexibility index (Phi) is 6.68. The van der Waals surface area contributed by atoms with E-state index in [1.54, 1.807) is 13.3 Å². The van der Waals surface area contributed by atoms with Gasteiger partial charge in [0.15, 0.2) is 11.5 Å². The average molecular weight is 479 g/mol. The van der Waals surface area contributed by atoms with Gasteiger partial charge >= 0.3 is 0 Å². The number of hydrogen-bond donors (Lipinski definition) is 3. The van der Waals surface area contributed by atoms with E-state index in [-0.39, 0.29) is 19.2 Å².